The molecule has 5 aromatic rings. The first-order chi connectivity index (χ1) is 19.4. The number of pyridine rings is 1. The first kappa shape index (κ1) is 27.4. The van der Waals surface area contributed by atoms with Crippen molar-refractivity contribution in [2.75, 3.05) is 5.32 Å². The van der Waals surface area contributed by atoms with Crippen LogP contribution in [0.5, 0.6) is 0 Å². The molecule has 0 aliphatic heterocycles. The van der Waals surface area contributed by atoms with E-state index in [1.807, 2.05) is 6.92 Å². The van der Waals surface area contributed by atoms with Gasteiger partial charge in [0.25, 0.3) is 5.91 Å². The second-order valence-electron chi connectivity index (χ2n) is 9.35. The van der Waals surface area contributed by atoms with Crippen molar-refractivity contribution in [3.8, 4) is 16.9 Å². The molecular formula is C28H24F3N7O3. The lowest BCUT2D eigenvalue weighted by Crippen LogP contribution is -2.21. The van der Waals surface area contributed by atoms with Crippen LogP contribution in [0.1, 0.15) is 44.6 Å². The van der Waals surface area contributed by atoms with Gasteiger partial charge in [0, 0.05) is 35.6 Å². The molecular weight excluding hydrogens is 539 g/mol. The number of aryl methyl sites for hydroxylation is 3. The smallest absolute Gasteiger partial charge is 0.366 e. The SMILES string of the molecule is CCc1c(-c2ccc(-n3c(C)nn(C)c3=O)cc2)nn2cc(C(F)(F)F)cc(C(=O)Nc3cccc(C(N)=O)c3)c12. The summed E-state index contributed by atoms with van der Waals surface area (Å²) < 4.78 is 45.3. The topological polar surface area (TPSA) is 129 Å². The molecule has 2 aromatic carbocycles. The normalized spacial score (nSPS) is 11.7. The number of hydrogen-bond donors (Lipinski definition) is 2. The fourth-order valence-corrected chi connectivity index (χ4v) is 4.74. The van der Waals surface area contributed by atoms with E-state index in [1.165, 1.54) is 33.5 Å². The molecule has 0 unspecified atom stereocenters. The van der Waals surface area contributed by atoms with Crippen molar-refractivity contribution in [3.05, 3.63) is 99.4 Å². The monoisotopic (exact) mass is 563 g/mol. The van der Waals surface area contributed by atoms with Crippen LogP contribution in [0.4, 0.5) is 18.9 Å². The number of alkyl halides is 3. The second-order valence-corrected chi connectivity index (χ2v) is 9.35. The molecule has 0 saturated carbocycles. The number of carbonyl (C=O) groups is 2. The van der Waals surface area contributed by atoms with E-state index >= 15 is 0 Å². The highest BCUT2D eigenvalue weighted by molar-refractivity contribution is 6.10. The summed E-state index contributed by atoms with van der Waals surface area (Å²) in [5, 5.41) is 11.1. The highest BCUT2D eigenvalue weighted by Gasteiger charge is 2.34. The summed E-state index contributed by atoms with van der Waals surface area (Å²) in [6.45, 7) is 3.50. The van der Waals surface area contributed by atoms with Gasteiger partial charge in [0.1, 0.15) is 5.82 Å². The summed E-state index contributed by atoms with van der Waals surface area (Å²) in [7, 11) is 1.54. The van der Waals surface area contributed by atoms with Gasteiger partial charge >= 0.3 is 11.9 Å². The number of anilines is 1. The molecule has 10 nitrogen and oxygen atoms in total. The second kappa shape index (κ2) is 10.1. The highest BCUT2D eigenvalue weighted by Crippen LogP contribution is 2.35. The van der Waals surface area contributed by atoms with Crippen LogP contribution in [0.25, 0.3) is 22.5 Å². The van der Waals surface area contributed by atoms with Gasteiger partial charge in [-0.1, -0.05) is 25.1 Å². The number of hydrogen-bond acceptors (Lipinski definition) is 5. The first-order valence-corrected chi connectivity index (χ1v) is 12.5. The summed E-state index contributed by atoms with van der Waals surface area (Å²) in [5.41, 5.74) is 6.30. The Labute approximate surface area is 230 Å². The molecule has 0 bridgehead atoms. The maximum absolute atomic E-state index is 13.9. The first-order valence-electron chi connectivity index (χ1n) is 12.5. The summed E-state index contributed by atoms with van der Waals surface area (Å²) in [6.07, 6.45) is -3.55. The van der Waals surface area contributed by atoms with Crippen LogP contribution in [-0.2, 0) is 19.6 Å². The molecule has 0 aliphatic carbocycles. The standard InChI is InChI=1S/C28H24F3N7O3/c1-4-21-23(16-8-10-20(11-9-16)38-15(2)34-36(3)27(38)41)35-37-14-18(28(29,30)31)13-22(24(21)37)26(40)33-19-7-5-6-17(12-19)25(32)39/h5-14H,4H2,1-3H3,(H2,32,39)(H,33,40). The van der Waals surface area contributed by atoms with Gasteiger partial charge < -0.3 is 11.1 Å². The Bertz CT molecular complexity index is 1880. The van der Waals surface area contributed by atoms with Crippen molar-refractivity contribution in [1.82, 2.24) is 24.0 Å². The summed E-state index contributed by atoms with van der Waals surface area (Å²) >= 11 is 0. The Balaban J connectivity index is 1.63. The van der Waals surface area contributed by atoms with E-state index in [1.54, 1.807) is 38.2 Å². The molecule has 3 aromatic heterocycles. The van der Waals surface area contributed by atoms with Crippen molar-refractivity contribution >= 4 is 23.0 Å². The number of rotatable bonds is 6. The van der Waals surface area contributed by atoms with E-state index in [4.69, 9.17) is 5.73 Å². The molecule has 0 fully saturated rings. The fraction of sp³-hybridized carbons (Fsp3) is 0.179. The number of amides is 2. The largest absolute Gasteiger partial charge is 0.417 e. The third kappa shape index (κ3) is 4.97. The lowest BCUT2D eigenvalue weighted by molar-refractivity contribution is -0.137. The van der Waals surface area contributed by atoms with Gasteiger partial charge in [-0.3, -0.25) is 9.59 Å². The Morgan fingerprint density at radius 1 is 1.05 bits per heavy atom. The number of benzene rings is 2. The lowest BCUT2D eigenvalue weighted by atomic mass is 10.0. The maximum atomic E-state index is 13.9. The molecule has 0 radical (unpaired) electrons. The minimum Gasteiger partial charge on any atom is -0.366 e. The van der Waals surface area contributed by atoms with Gasteiger partial charge in [-0.2, -0.15) is 23.4 Å². The number of primary amides is 1. The molecule has 41 heavy (non-hydrogen) atoms. The third-order valence-electron chi connectivity index (χ3n) is 6.64. The quantitative estimate of drug-likeness (QED) is 0.321. The number of fused-ring (bicyclic) bond motifs is 1. The predicted molar refractivity (Wildman–Crippen MR) is 145 cm³/mol. The maximum Gasteiger partial charge on any atom is 0.417 e. The Morgan fingerprint density at radius 3 is 2.34 bits per heavy atom. The molecule has 2 amide bonds. The lowest BCUT2D eigenvalue weighted by Gasteiger charge is -2.12. The van der Waals surface area contributed by atoms with Gasteiger partial charge in [0.05, 0.1) is 28.0 Å². The van der Waals surface area contributed by atoms with E-state index in [0.29, 0.717) is 34.8 Å². The molecule has 13 heteroatoms. The molecule has 0 atom stereocenters. The van der Waals surface area contributed by atoms with Crippen LogP contribution >= 0.6 is 0 Å². The Kier molecular flexibility index (Phi) is 6.73. The fourth-order valence-electron chi connectivity index (χ4n) is 4.74. The van der Waals surface area contributed by atoms with Gasteiger partial charge in [0.15, 0.2) is 0 Å². The van der Waals surface area contributed by atoms with Crippen molar-refractivity contribution in [1.29, 1.82) is 0 Å². The van der Waals surface area contributed by atoms with Crippen LogP contribution in [-0.4, -0.2) is 35.8 Å². The third-order valence-corrected chi connectivity index (χ3v) is 6.64. The number of nitrogens with one attached hydrogen (secondary N) is 1. The van der Waals surface area contributed by atoms with Crippen LogP contribution in [0.2, 0.25) is 0 Å². The number of nitrogens with zero attached hydrogens (tertiary/aromatic N) is 5. The summed E-state index contributed by atoms with van der Waals surface area (Å²) in [5.74, 6) is -1.04. The van der Waals surface area contributed by atoms with Gasteiger partial charge in [-0.15, -0.1) is 0 Å². The number of nitrogens with two attached hydrogens (primary N) is 1. The highest BCUT2D eigenvalue weighted by atomic mass is 19.4. The molecule has 0 spiro atoms. The minimum atomic E-state index is -4.75. The van der Waals surface area contributed by atoms with Gasteiger partial charge in [0.2, 0.25) is 5.91 Å². The zero-order valence-corrected chi connectivity index (χ0v) is 22.2. The average Bonchev–Trinajstić information content (AvgIpc) is 3.43. The molecule has 0 saturated heterocycles. The number of carbonyl (C=O) groups excluding carboxylic acids is 2. The number of halogens is 3. The predicted octanol–water partition coefficient (Wildman–Crippen LogP) is 4.13. The molecule has 210 valence electrons. The van der Waals surface area contributed by atoms with Crippen LogP contribution in [0, 0.1) is 6.92 Å². The summed E-state index contributed by atoms with van der Waals surface area (Å²) in [4.78, 5) is 37.4. The van der Waals surface area contributed by atoms with E-state index in [-0.39, 0.29) is 28.0 Å². The van der Waals surface area contributed by atoms with Crippen molar-refractivity contribution < 1.29 is 22.8 Å². The molecule has 3 heterocycles. The average molecular weight is 564 g/mol. The summed E-state index contributed by atoms with van der Waals surface area (Å²) in [6, 6.07) is 13.4. The van der Waals surface area contributed by atoms with Crippen molar-refractivity contribution in [2.45, 2.75) is 26.4 Å². The molecule has 0 aliphatic rings. The van der Waals surface area contributed by atoms with Crippen molar-refractivity contribution in [2.24, 2.45) is 12.8 Å². The minimum absolute atomic E-state index is 0.130. The van der Waals surface area contributed by atoms with E-state index in [2.05, 4.69) is 15.5 Å². The number of aromatic nitrogens is 5. The Hall–Kier alpha value is -5.20. The molecule has 5 rings (SSSR count). The van der Waals surface area contributed by atoms with Crippen molar-refractivity contribution in [3.63, 3.8) is 0 Å². The van der Waals surface area contributed by atoms with E-state index < -0.39 is 23.6 Å². The van der Waals surface area contributed by atoms with Crippen LogP contribution in [0.3, 0.4) is 0 Å². The zero-order chi connectivity index (χ0) is 29.6. The Morgan fingerprint density at radius 2 is 1.76 bits per heavy atom. The van der Waals surface area contributed by atoms with E-state index in [9.17, 15) is 27.6 Å². The van der Waals surface area contributed by atoms with Crippen LogP contribution < -0.4 is 16.7 Å². The van der Waals surface area contributed by atoms with Gasteiger partial charge in [-0.25, -0.2) is 18.6 Å². The van der Waals surface area contributed by atoms with E-state index in [0.717, 1.165) is 16.8 Å². The van der Waals surface area contributed by atoms with Gasteiger partial charge in [-0.05, 0) is 49.7 Å². The molecule has 3 N–H and O–H groups in total. The zero-order valence-electron chi connectivity index (χ0n) is 22.2. The van der Waals surface area contributed by atoms with Crippen LogP contribution in [0.15, 0.2) is 65.6 Å².